The van der Waals surface area contributed by atoms with Crippen molar-refractivity contribution < 1.29 is 24.7 Å². The summed E-state index contributed by atoms with van der Waals surface area (Å²) in [6, 6.07) is 12.7. The number of rotatable bonds is 9. The number of aliphatic hydroxyl groups excluding tert-OH is 1. The number of hydroxylamine groups is 1. The summed E-state index contributed by atoms with van der Waals surface area (Å²) < 4.78 is 0. The van der Waals surface area contributed by atoms with Crippen LogP contribution in [-0.2, 0) is 9.59 Å². The van der Waals surface area contributed by atoms with Crippen molar-refractivity contribution in [2.45, 2.75) is 26.0 Å². The summed E-state index contributed by atoms with van der Waals surface area (Å²) in [5.41, 5.74) is 4.15. The SMILES string of the molecule is CCNCC(=O)Nc1ccc(-c2ccc(C(=O)N[C@H](C(=O)NO)[C@@H](C)O)cc2)cc1. The largest absolute Gasteiger partial charge is 0.391 e. The van der Waals surface area contributed by atoms with Gasteiger partial charge in [0.2, 0.25) is 5.91 Å². The van der Waals surface area contributed by atoms with Gasteiger partial charge in [-0.25, -0.2) is 5.48 Å². The van der Waals surface area contributed by atoms with Crippen LogP contribution in [0.4, 0.5) is 5.69 Å². The number of hydrogen-bond donors (Lipinski definition) is 6. The molecule has 6 N–H and O–H groups in total. The van der Waals surface area contributed by atoms with Crippen molar-refractivity contribution in [1.29, 1.82) is 0 Å². The third kappa shape index (κ3) is 6.38. The molecule has 0 saturated heterocycles. The van der Waals surface area contributed by atoms with Gasteiger partial charge in [-0.05, 0) is 48.9 Å². The highest BCUT2D eigenvalue weighted by Gasteiger charge is 2.25. The second-order valence-corrected chi connectivity index (χ2v) is 6.65. The first-order valence-electron chi connectivity index (χ1n) is 9.49. The van der Waals surface area contributed by atoms with Crippen LogP contribution in [0.2, 0.25) is 0 Å². The quantitative estimate of drug-likeness (QED) is 0.266. The molecule has 30 heavy (non-hydrogen) atoms. The van der Waals surface area contributed by atoms with Crippen molar-refractivity contribution in [3.8, 4) is 11.1 Å². The molecule has 0 unspecified atom stereocenters. The van der Waals surface area contributed by atoms with Crippen LogP contribution < -0.4 is 21.4 Å². The lowest BCUT2D eigenvalue weighted by atomic mass is 10.0. The van der Waals surface area contributed by atoms with Gasteiger partial charge in [0, 0.05) is 11.3 Å². The summed E-state index contributed by atoms with van der Waals surface area (Å²) in [5, 5.41) is 26.4. The number of nitrogens with one attached hydrogen (secondary N) is 4. The molecule has 9 heteroatoms. The van der Waals surface area contributed by atoms with Gasteiger partial charge >= 0.3 is 0 Å². The van der Waals surface area contributed by atoms with E-state index < -0.39 is 24.0 Å². The molecule has 2 rings (SSSR count). The molecule has 2 aromatic carbocycles. The Kier molecular flexibility index (Phi) is 8.48. The third-order valence-electron chi connectivity index (χ3n) is 4.35. The van der Waals surface area contributed by atoms with E-state index in [0.29, 0.717) is 17.8 Å². The topological polar surface area (TPSA) is 140 Å². The summed E-state index contributed by atoms with van der Waals surface area (Å²) in [6.07, 6.45) is -1.18. The van der Waals surface area contributed by atoms with E-state index >= 15 is 0 Å². The fourth-order valence-corrected chi connectivity index (χ4v) is 2.70. The Hall–Kier alpha value is -3.27. The molecule has 0 radical (unpaired) electrons. The smallest absolute Gasteiger partial charge is 0.268 e. The normalized spacial score (nSPS) is 12.5. The third-order valence-corrected chi connectivity index (χ3v) is 4.35. The minimum absolute atomic E-state index is 0.120. The predicted molar refractivity (Wildman–Crippen MR) is 112 cm³/mol. The Morgan fingerprint density at radius 1 is 0.967 bits per heavy atom. The molecule has 2 aromatic rings. The molecule has 160 valence electrons. The molecular weight excluding hydrogens is 388 g/mol. The van der Waals surface area contributed by atoms with Gasteiger partial charge in [0.15, 0.2) is 0 Å². The fraction of sp³-hybridized carbons (Fsp3) is 0.286. The van der Waals surface area contributed by atoms with E-state index in [1.54, 1.807) is 36.4 Å². The van der Waals surface area contributed by atoms with Gasteiger partial charge in [0.25, 0.3) is 11.8 Å². The number of carbonyl (C=O) groups is 3. The number of anilines is 1. The Balaban J connectivity index is 2.03. The van der Waals surface area contributed by atoms with Crippen LogP contribution in [0.1, 0.15) is 24.2 Å². The Morgan fingerprint density at radius 3 is 2.03 bits per heavy atom. The maximum Gasteiger partial charge on any atom is 0.268 e. The number of benzene rings is 2. The van der Waals surface area contributed by atoms with E-state index in [0.717, 1.165) is 11.1 Å². The molecule has 0 saturated carbocycles. The molecule has 0 fully saturated rings. The highest BCUT2D eigenvalue weighted by Crippen LogP contribution is 2.22. The molecule has 0 aliphatic carbocycles. The molecule has 0 aromatic heterocycles. The first-order chi connectivity index (χ1) is 14.3. The molecule has 2 atom stereocenters. The van der Waals surface area contributed by atoms with Crippen LogP contribution in [-0.4, -0.2) is 53.3 Å². The first-order valence-corrected chi connectivity index (χ1v) is 9.49. The molecule has 9 nitrogen and oxygen atoms in total. The summed E-state index contributed by atoms with van der Waals surface area (Å²) in [4.78, 5) is 35.6. The van der Waals surface area contributed by atoms with Gasteiger partial charge in [-0.1, -0.05) is 31.2 Å². The number of aliphatic hydroxyl groups is 1. The summed E-state index contributed by atoms with van der Waals surface area (Å²) in [6.45, 7) is 4.22. The van der Waals surface area contributed by atoms with Gasteiger partial charge in [-0.2, -0.15) is 0 Å². The second kappa shape index (κ2) is 11.1. The van der Waals surface area contributed by atoms with Crippen LogP contribution >= 0.6 is 0 Å². The Bertz CT molecular complexity index is 866. The number of likely N-dealkylation sites (N-methyl/N-ethyl adjacent to an activating group) is 1. The van der Waals surface area contributed by atoms with Crippen molar-refractivity contribution in [3.63, 3.8) is 0 Å². The van der Waals surface area contributed by atoms with Gasteiger partial charge in [-0.3, -0.25) is 19.6 Å². The lowest BCUT2D eigenvalue weighted by Crippen LogP contribution is -2.51. The van der Waals surface area contributed by atoms with Gasteiger partial charge in [0.1, 0.15) is 6.04 Å². The van der Waals surface area contributed by atoms with Crippen molar-refractivity contribution in [2.75, 3.05) is 18.4 Å². The maximum atomic E-state index is 12.3. The van der Waals surface area contributed by atoms with Crippen molar-refractivity contribution >= 4 is 23.4 Å². The zero-order chi connectivity index (χ0) is 22.1. The van der Waals surface area contributed by atoms with Gasteiger partial charge in [-0.15, -0.1) is 0 Å². The maximum absolute atomic E-state index is 12.3. The van der Waals surface area contributed by atoms with Crippen LogP contribution in [0, 0.1) is 0 Å². The minimum atomic E-state index is -1.28. The van der Waals surface area contributed by atoms with E-state index in [1.807, 2.05) is 19.1 Å². The fourth-order valence-electron chi connectivity index (χ4n) is 2.70. The van der Waals surface area contributed by atoms with Crippen LogP contribution in [0.3, 0.4) is 0 Å². The number of carbonyl (C=O) groups excluding carboxylic acids is 3. The molecule has 0 spiro atoms. The second-order valence-electron chi connectivity index (χ2n) is 6.65. The van der Waals surface area contributed by atoms with Gasteiger partial charge < -0.3 is 21.1 Å². The molecule has 0 aliphatic heterocycles. The van der Waals surface area contributed by atoms with Crippen LogP contribution in [0.15, 0.2) is 48.5 Å². The summed E-state index contributed by atoms with van der Waals surface area (Å²) in [5.74, 6) is -1.59. The highest BCUT2D eigenvalue weighted by atomic mass is 16.5. The predicted octanol–water partition coefficient (Wildman–Crippen LogP) is 0.886. The molecular formula is C21H26N4O5. The molecule has 0 heterocycles. The Morgan fingerprint density at radius 2 is 1.53 bits per heavy atom. The zero-order valence-electron chi connectivity index (χ0n) is 16.8. The molecule has 0 bridgehead atoms. The van der Waals surface area contributed by atoms with E-state index in [9.17, 15) is 19.5 Å². The lowest BCUT2D eigenvalue weighted by Gasteiger charge is -2.19. The molecule has 3 amide bonds. The average molecular weight is 414 g/mol. The van der Waals surface area contributed by atoms with Crippen molar-refractivity contribution in [3.05, 3.63) is 54.1 Å². The van der Waals surface area contributed by atoms with E-state index in [-0.39, 0.29) is 12.5 Å². The zero-order valence-corrected chi connectivity index (χ0v) is 16.8. The van der Waals surface area contributed by atoms with E-state index in [2.05, 4.69) is 16.0 Å². The van der Waals surface area contributed by atoms with E-state index in [4.69, 9.17) is 5.21 Å². The van der Waals surface area contributed by atoms with Crippen LogP contribution in [0.25, 0.3) is 11.1 Å². The molecule has 0 aliphatic rings. The number of amides is 3. The minimum Gasteiger partial charge on any atom is -0.391 e. The van der Waals surface area contributed by atoms with E-state index in [1.165, 1.54) is 12.4 Å². The summed E-state index contributed by atoms with van der Waals surface area (Å²) in [7, 11) is 0. The lowest BCUT2D eigenvalue weighted by molar-refractivity contribution is -0.133. The average Bonchev–Trinajstić information content (AvgIpc) is 2.75. The number of hydrogen-bond acceptors (Lipinski definition) is 6. The standard InChI is InChI=1S/C21H26N4O5/c1-3-22-12-18(27)23-17-10-8-15(9-11-17)14-4-6-16(7-5-14)20(28)24-19(13(2)26)21(29)25-30/h4-11,13,19,22,26,30H,3,12H2,1-2H3,(H,23,27)(H,24,28)(H,25,29)/t13-,19+/m1/s1. The van der Waals surface area contributed by atoms with Crippen LogP contribution in [0.5, 0.6) is 0 Å². The summed E-state index contributed by atoms with van der Waals surface area (Å²) >= 11 is 0. The van der Waals surface area contributed by atoms with Gasteiger partial charge in [0.05, 0.1) is 12.6 Å². The van der Waals surface area contributed by atoms with Crippen molar-refractivity contribution in [1.82, 2.24) is 16.1 Å². The monoisotopic (exact) mass is 414 g/mol. The first kappa shape index (κ1) is 23.0. The van der Waals surface area contributed by atoms with Crippen molar-refractivity contribution in [2.24, 2.45) is 0 Å². The highest BCUT2D eigenvalue weighted by molar-refractivity contribution is 5.98. The Labute approximate surface area is 174 Å².